The van der Waals surface area contributed by atoms with Crippen LogP contribution in [0.2, 0.25) is 0 Å². The third-order valence-electron chi connectivity index (χ3n) is 4.58. The molecule has 134 valence electrons. The minimum atomic E-state index is 0.833. The monoisotopic (exact) mass is 466 g/mol. The highest BCUT2D eigenvalue weighted by Gasteiger charge is 2.22. The fourth-order valence-electron chi connectivity index (χ4n) is 3.11. The van der Waals surface area contributed by atoms with Gasteiger partial charge in [-0.05, 0) is 59.3 Å². The van der Waals surface area contributed by atoms with Crippen molar-refractivity contribution in [2.24, 2.45) is 0 Å². The molecule has 0 fully saturated rings. The van der Waals surface area contributed by atoms with Crippen molar-refractivity contribution in [3.05, 3.63) is 88.0 Å². The largest absolute Gasteiger partial charge is 0.497 e. The molecule has 0 radical (unpaired) electrons. The Hall–Kier alpha value is -2.53. The smallest absolute Gasteiger partial charge is 0.148 e. The van der Waals surface area contributed by atoms with E-state index in [0.717, 1.165) is 43.1 Å². The summed E-state index contributed by atoms with van der Waals surface area (Å²) >= 11 is 2.40. The second kappa shape index (κ2) is 7.61. The number of halogens is 1. The molecule has 4 aromatic rings. The third-order valence-corrected chi connectivity index (χ3v) is 5.61. The average molecular weight is 466 g/mol. The first-order chi connectivity index (χ1) is 13.2. The first-order valence-corrected chi connectivity index (χ1v) is 9.84. The lowest BCUT2D eigenvalue weighted by Crippen LogP contribution is -1.85. The van der Waals surface area contributed by atoms with E-state index in [-0.39, 0.29) is 0 Å². The predicted molar refractivity (Wildman–Crippen MR) is 119 cm³/mol. The van der Waals surface area contributed by atoms with Gasteiger partial charge in [0.05, 0.1) is 10.7 Å². The van der Waals surface area contributed by atoms with Gasteiger partial charge >= 0.3 is 0 Å². The quantitative estimate of drug-likeness (QED) is 0.297. The molecule has 0 saturated carbocycles. The first kappa shape index (κ1) is 17.9. The lowest BCUT2D eigenvalue weighted by atomic mass is 10.0. The van der Waals surface area contributed by atoms with Gasteiger partial charge in [-0.2, -0.15) is 0 Å². The molecule has 1 aromatic heterocycles. The Kier molecular flexibility index (Phi) is 5.03. The van der Waals surface area contributed by atoms with Gasteiger partial charge in [-0.3, -0.25) is 0 Å². The van der Waals surface area contributed by atoms with Crippen molar-refractivity contribution >= 4 is 22.6 Å². The molecule has 1 heterocycles. The lowest BCUT2D eigenvalue weighted by molar-refractivity contribution is 0.415. The van der Waals surface area contributed by atoms with Crippen LogP contribution >= 0.6 is 22.6 Å². The van der Waals surface area contributed by atoms with Crippen LogP contribution < -0.4 is 4.74 Å². The highest BCUT2D eigenvalue weighted by Crippen LogP contribution is 2.44. The molecule has 2 nitrogen and oxygen atoms in total. The number of ether oxygens (including phenoxy) is 1. The normalized spacial score (nSPS) is 10.8. The number of rotatable bonds is 4. The standard InChI is InChI=1S/C24H19IO2/c1-16-8-10-17(11-9-16)21-22(25)24(18-6-4-3-5-7-18)27-23(21)19-12-14-20(26-2)15-13-19/h3-15H,1-2H3. The number of hydrogen-bond donors (Lipinski definition) is 0. The van der Waals surface area contributed by atoms with Crippen molar-refractivity contribution in [1.29, 1.82) is 0 Å². The second-order valence-corrected chi connectivity index (χ2v) is 7.49. The maximum absolute atomic E-state index is 6.43. The molecular formula is C24H19IO2. The Morgan fingerprint density at radius 1 is 0.704 bits per heavy atom. The molecule has 0 unspecified atom stereocenters. The van der Waals surface area contributed by atoms with E-state index in [9.17, 15) is 0 Å². The van der Waals surface area contributed by atoms with E-state index in [1.54, 1.807) is 7.11 Å². The Bertz CT molecular complexity index is 1050. The minimum Gasteiger partial charge on any atom is -0.497 e. The van der Waals surface area contributed by atoms with E-state index in [4.69, 9.17) is 9.15 Å². The van der Waals surface area contributed by atoms with Crippen LogP contribution in [0.5, 0.6) is 5.75 Å². The zero-order valence-electron chi connectivity index (χ0n) is 15.2. The zero-order chi connectivity index (χ0) is 18.8. The fraction of sp³-hybridized carbons (Fsp3) is 0.0833. The fourth-order valence-corrected chi connectivity index (χ4v) is 4.09. The molecule has 0 N–H and O–H groups in total. The van der Waals surface area contributed by atoms with Crippen LogP contribution in [0, 0.1) is 10.5 Å². The summed E-state index contributed by atoms with van der Waals surface area (Å²) in [4.78, 5) is 0. The molecule has 27 heavy (non-hydrogen) atoms. The van der Waals surface area contributed by atoms with Crippen molar-refractivity contribution in [1.82, 2.24) is 0 Å². The first-order valence-electron chi connectivity index (χ1n) is 8.76. The third kappa shape index (κ3) is 3.52. The Morgan fingerprint density at radius 3 is 1.93 bits per heavy atom. The summed E-state index contributed by atoms with van der Waals surface area (Å²) < 4.78 is 12.8. The van der Waals surface area contributed by atoms with E-state index in [1.807, 2.05) is 42.5 Å². The number of benzene rings is 3. The van der Waals surface area contributed by atoms with Crippen molar-refractivity contribution in [3.63, 3.8) is 0 Å². The molecule has 0 amide bonds. The number of hydrogen-bond acceptors (Lipinski definition) is 2. The van der Waals surface area contributed by atoms with Gasteiger partial charge in [-0.25, -0.2) is 0 Å². The molecule has 0 aliphatic carbocycles. The predicted octanol–water partition coefficient (Wildman–Crippen LogP) is 7.20. The van der Waals surface area contributed by atoms with Gasteiger partial charge in [0, 0.05) is 16.7 Å². The van der Waals surface area contributed by atoms with Crippen LogP contribution in [0.3, 0.4) is 0 Å². The van der Waals surface area contributed by atoms with Gasteiger partial charge in [0.2, 0.25) is 0 Å². The maximum atomic E-state index is 6.43. The number of methoxy groups -OCH3 is 1. The average Bonchev–Trinajstić information content (AvgIpc) is 3.06. The van der Waals surface area contributed by atoms with E-state index >= 15 is 0 Å². The van der Waals surface area contributed by atoms with E-state index in [1.165, 1.54) is 5.56 Å². The van der Waals surface area contributed by atoms with Crippen LogP contribution in [0.25, 0.3) is 33.8 Å². The van der Waals surface area contributed by atoms with Crippen LogP contribution in [0.1, 0.15) is 5.56 Å². The molecule has 4 rings (SSSR count). The summed E-state index contributed by atoms with van der Waals surface area (Å²) in [6.07, 6.45) is 0. The summed E-state index contributed by atoms with van der Waals surface area (Å²) in [7, 11) is 1.68. The van der Waals surface area contributed by atoms with Crippen molar-refractivity contribution in [2.75, 3.05) is 7.11 Å². The SMILES string of the molecule is COc1ccc(-c2oc(-c3ccccc3)c(I)c2-c2ccc(C)cc2)cc1. The van der Waals surface area contributed by atoms with E-state index in [2.05, 4.69) is 65.9 Å². The van der Waals surface area contributed by atoms with Gasteiger partial charge in [0.15, 0.2) is 0 Å². The molecule has 0 spiro atoms. The summed E-state index contributed by atoms with van der Waals surface area (Å²) in [5, 5.41) is 0. The van der Waals surface area contributed by atoms with Crippen LogP contribution in [-0.4, -0.2) is 7.11 Å². The second-order valence-electron chi connectivity index (χ2n) is 6.41. The Balaban J connectivity index is 1.93. The number of furan rings is 1. The van der Waals surface area contributed by atoms with Gasteiger partial charge in [-0.15, -0.1) is 0 Å². The van der Waals surface area contributed by atoms with Crippen LogP contribution in [0.4, 0.5) is 0 Å². The summed E-state index contributed by atoms with van der Waals surface area (Å²) in [5.74, 6) is 2.61. The highest BCUT2D eigenvalue weighted by atomic mass is 127. The number of aryl methyl sites for hydroxylation is 1. The molecule has 0 saturated heterocycles. The Morgan fingerprint density at radius 2 is 1.30 bits per heavy atom. The van der Waals surface area contributed by atoms with Gasteiger partial charge < -0.3 is 9.15 Å². The van der Waals surface area contributed by atoms with E-state index in [0.29, 0.717) is 0 Å². The molecule has 0 aliphatic rings. The van der Waals surface area contributed by atoms with Crippen molar-refractivity contribution in [2.45, 2.75) is 6.92 Å². The summed E-state index contributed by atoms with van der Waals surface area (Å²) in [5.41, 5.74) is 5.63. The lowest BCUT2D eigenvalue weighted by Gasteiger charge is -2.06. The molecule has 0 atom stereocenters. The molecular weight excluding hydrogens is 447 g/mol. The van der Waals surface area contributed by atoms with Crippen molar-refractivity contribution < 1.29 is 9.15 Å². The van der Waals surface area contributed by atoms with Gasteiger partial charge in [0.25, 0.3) is 0 Å². The van der Waals surface area contributed by atoms with E-state index < -0.39 is 0 Å². The molecule has 3 heteroatoms. The highest BCUT2D eigenvalue weighted by molar-refractivity contribution is 14.1. The molecule has 0 aliphatic heterocycles. The maximum Gasteiger partial charge on any atom is 0.148 e. The van der Waals surface area contributed by atoms with Crippen molar-refractivity contribution in [3.8, 4) is 39.5 Å². The summed E-state index contributed by atoms with van der Waals surface area (Å²) in [6, 6.07) is 26.8. The van der Waals surface area contributed by atoms with Gasteiger partial charge in [-0.1, -0.05) is 60.2 Å². The van der Waals surface area contributed by atoms with Crippen LogP contribution in [-0.2, 0) is 0 Å². The minimum absolute atomic E-state index is 0.833. The molecule has 0 bridgehead atoms. The van der Waals surface area contributed by atoms with Gasteiger partial charge in [0.1, 0.15) is 17.3 Å². The molecule has 3 aromatic carbocycles. The summed E-state index contributed by atoms with van der Waals surface area (Å²) in [6.45, 7) is 2.10. The Labute approximate surface area is 173 Å². The van der Waals surface area contributed by atoms with Crippen LogP contribution in [0.15, 0.2) is 83.3 Å². The zero-order valence-corrected chi connectivity index (χ0v) is 17.4. The topological polar surface area (TPSA) is 22.4 Å².